The van der Waals surface area contributed by atoms with Crippen molar-refractivity contribution in [2.75, 3.05) is 6.54 Å². The van der Waals surface area contributed by atoms with Crippen LogP contribution in [0.3, 0.4) is 0 Å². The van der Waals surface area contributed by atoms with Gasteiger partial charge in [-0.2, -0.15) is 13.2 Å². The fourth-order valence-electron chi connectivity index (χ4n) is 1.66. The Labute approximate surface area is 111 Å². The quantitative estimate of drug-likeness (QED) is 0.834. The molecule has 0 aromatic carbocycles. The van der Waals surface area contributed by atoms with Crippen molar-refractivity contribution in [2.24, 2.45) is 17.6 Å². The Morgan fingerprint density at radius 2 is 1.74 bits per heavy atom. The van der Waals surface area contributed by atoms with Gasteiger partial charge < -0.3 is 15.8 Å². The molecule has 0 spiro atoms. The molecule has 0 bridgehead atoms. The van der Waals surface area contributed by atoms with E-state index in [1.165, 1.54) is 0 Å². The molecule has 0 aromatic heterocycles. The number of nitrogens with one attached hydrogen (secondary N) is 1. The zero-order chi connectivity index (χ0) is 15.4. The topological polar surface area (TPSA) is 64.3 Å². The fourth-order valence-corrected chi connectivity index (χ4v) is 1.66. The summed E-state index contributed by atoms with van der Waals surface area (Å²) in [6.45, 7) is 7.53. The Kier molecular flexibility index (Phi) is 6.12. The zero-order valence-electron chi connectivity index (χ0n) is 12.0. The van der Waals surface area contributed by atoms with Crippen LogP contribution in [0.5, 0.6) is 0 Å². The van der Waals surface area contributed by atoms with E-state index in [4.69, 9.17) is 10.5 Å². The molecule has 0 aromatic rings. The second-order valence-corrected chi connectivity index (χ2v) is 5.80. The van der Waals surface area contributed by atoms with Crippen molar-refractivity contribution in [2.45, 2.75) is 52.4 Å². The lowest BCUT2D eigenvalue weighted by Gasteiger charge is -2.32. The van der Waals surface area contributed by atoms with Crippen molar-refractivity contribution in [1.29, 1.82) is 0 Å². The number of alkyl halides is 3. The van der Waals surface area contributed by atoms with Gasteiger partial charge in [0.15, 0.2) is 0 Å². The maximum Gasteiger partial charge on any atom is 0.407 e. The Balaban J connectivity index is 4.89. The average molecular weight is 284 g/mol. The highest BCUT2D eigenvalue weighted by Crippen LogP contribution is 2.31. The summed E-state index contributed by atoms with van der Waals surface area (Å²) in [4.78, 5) is 11.6. The lowest BCUT2D eigenvalue weighted by Crippen LogP contribution is -2.52. The van der Waals surface area contributed by atoms with Crippen LogP contribution in [0.1, 0.15) is 34.6 Å². The number of amides is 1. The van der Waals surface area contributed by atoms with Crippen molar-refractivity contribution in [1.82, 2.24) is 5.32 Å². The second-order valence-electron chi connectivity index (χ2n) is 5.80. The Morgan fingerprint density at radius 1 is 1.26 bits per heavy atom. The third-order valence-electron chi connectivity index (χ3n) is 2.51. The molecule has 114 valence electrons. The molecule has 0 aliphatic carbocycles. The summed E-state index contributed by atoms with van der Waals surface area (Å²) in [6.07, 6.45) is -5.33. The van der Waals surface area contributed by atoms with Crippen LogP contribution in [-0.2, 0) is 4.74 Å². The van der Waals surface area contributed by atoms with Gasteiger partial charge in [-0.1, -0.05) is 13.8 Å². The van der Waals surface area contributed by atoms with Crippen LogP contribution in [0.2, 0.25) is 0 Å². The molecule has 19 heavy (non-hydrogen) atoms. The van der Waals surface area contributed by atoms with Crippen LogP contribution < -0.4 is 11.1 Å². The minimum atomic E-state index is -4.46. The summed E-state index contributed by atoms with van der Waals surface area (Å²) in [5.74, 6) is -2.21. The molecular weight excluding hydrogens is 261 g/mol. The van der Waals surface area contributed by atoms with Gasteiger partial charge in [0.1, 0.15) is 5.60 Å². The summed E-state index contributed by atoms with van der Waals surface area (Å²) < 4.78 is 43.5. The van der Waals surface area contributed by atoms with E-state index in [0.717, 1.165) is 0 Å². The van der Waals surface area contributed by atoms with Crippen molar-refractivity contribution < 1.29 is 22.7 Å². The maximum absolute atomic E-state index is 12.8. The van der Waals surface area contributed by atoms with Crippen LogP contribution in [0.4, 0.5) is 18.0 Å². The lowest BCUT2D eigenvalue weighted by atomic mass is 9.90. The monoisotopic (exact) mass is 284 g/mol. The minimum Gasteiger partial charge on any atom is -0.444 e. The SMILES string of the molecule is CC(C)C(NC(=O)OC(C)(C)C)C(CN)C(F)(F)F. The zero-order valence-corrected chi connectivity index (χ0v) is 12.0. The van der Waals surface area contributed by atoms with Crippen molar-refractivity contribution >= 4 is 6.09 Å². The van der Waals surface area contributed by atoms with Crippen molar-refractivity contribution in [3.63, 3.8) is 0 Å². The van der Waals surface area contributed by atoms with Gasteiger partial charge in [-0.15, -0.1) is 0 Å². The number of carbonyl (C=O) groups excluding carboxylic acids is 1. The maximum atomic E-state index is 12.8. The van der Waals surface area contributed by atoms with E-state index in [0.29, 0.717) is 0 Å². The van der Waals surface area contributed by atoms with Gasteiger partial charge >= 0.3 is 12.3 Å². The largest absolute Gasteiger partial charge is 0.444 e. The third kappa shape index (κ3) is 6.66. The molecule has 0 fully saturated rings. The van der Waals surface area contributed by atoms with Gasteiger partial charge in [-0.25, -0.2) is 4.79 Å². The highest BCUT2D eigenvalue weighted by atomic mass is 19.4. The molecule has 0 radical (unpaired) electrons. The van der Waals surface area contributed by atoms with E-state index in [-0.39, 0.29) is 0 Å². The van der Waals surface area contributed by atoms with E-state index in [1.54, 1.807) is 34.6 Å². The molecular formula is C12H23F3N2O2. The van der Waals surface area contributed by atoms with E-state index in [9.17, 15) is 18.0 Å². The highest BCUT2D eigenvalue weighted by molar-refractivity contribution is 5.68. The first-order valence-electron chi connectivity index (χ1n) is 6.14. The molecule has 7 heteroatoms. The summed E-state index contributed by atoms with van der Waals surface area (Å²) in [6, 6.07) is -1.11. The predicted octanol–water partition coefficient (Wildman–Crippen LogP) is 2.67. The average Bonchev–Trinajstić information content (AvgIpc) is 2.11. The number of hydrogen-bond donors (Lipinski definition) is 2. The highest BCUT2D eigenvalue weighted by Gasteiger charge is 2.45. The number of carbonyl (C=O) groups is 1. The standard InChI is InChI=1S/C12H23F3N2O2/c1-7(2)9(8(6-16)12(13,14)15)17-10(18)19-11(3,4)5/h7-9H,6,16H2,1-5H3,(H,17,18). The normalized spacial score (nSPS) is 16.1. The van der Waals surface area contributed by atoms with Crippen LogP contribution in [0, 0.1) is 11.8 Å². The molecule has 0 saturated heterocycles. The molecule has 2 atom stereocenters. The lowest BCUT2D eigenvalue weighted by molar-refractivity contribution is -0.182. The fraction of sp³-hybridized carbons (Fsp3) is 0.917. The Morgan fingerprint density at radius 3 is 2.00 bits per heavy atom. The first-order chi connectivity index (χ1) is 8.38. The number of nitrogens with two attached hydrogens (primary N) is 1. The molecule has 0 saturated carbocycles. The van der Waals surface area contributed by atoms with Gasteiger partial charge in [-0.3, -0.25) is 0 Å². The Bertz CT molecular complexity index is 298. The van der Waals surface area contributed by atoms with Crippen molar-refractivity contribution in [3.05, 3.63) is 0 Å². The van der Waals surface area contributed by atoms with Crippen LogP contribution in [-0.4, -0.2) is 30.5 Å². The van der Waals surface area contributed by atoms with Crippen LogP contribution in [0.15, 0.2) is 0 Å². The number of hydrogen-bond acceptors (Lipinski definition) is 3. The van der Waals surface area contributed by atoms with Gasteiger partial charge in [-0.05, 0) is 26.7 Å². The summed E-state index contributed by atoms with van der Waals surface area (Å²) in [7, 11) is 0. The molecule has 1 amide bonds. The van der Waals surface area contributed by atoms with Gasteiger partial charge in [0.05, 0.1) is 5.92 Å². The molecule has 0 aliphatic heterocycles. The number of halogens is 3. The summed E-state index contributed by atoms with van der Waals surface area (Å²) >= 11 is 0. The van der Waals surface area contributed by atoms with Gasteiger partial charge in [0.25, 0.3) is 0 Å². The molecule has 3 N–H and O–H groups in total. The first-order valence-corrected chi connectivity index (χ1v) is 6.14. The van der Waals surface area contributed by atoms with Crippen LogP contribution in [0.25, 0.3) is 0 Å². The predicted molar refractivity (Wildman–Crippen MR) is 66.6 cm³/mol. The van der Waals surface area contributed by atoms with Gasteiger partial charge in [0.2, 0.25) is 0 Å². The van der Waals surface area contributed by atoms with E-state index >= 15 is 0 Å². The third-order valence-corrected chi connectivity index (χ3v) is 2.51. The van der Waals surface area contributed by atoms with Crippen molar-refractivity contribution in [3.8, 4) is 0 Å². The van der Waals surface area contributed by atoms with E-state index in [2.05, 4.69) is 5.32 Å². The summed E-state index contributed by atoms with van der Waals surface area (Å²) in [5.41, 5.74) is 4.43. The smallest absolute Gasteiger partial charge is 0.407 e. The van der Waals surface area contributed by atoms with E-state index < -0.39 is 42.3 Å². The van der Waals surface area contributed by atoms with Crippen LogP contribution >= 0.6 is 0 Å². The number of rotatable bonds is 4. The van der Waals surface area contributed by atoms with Gasteiger partial charge in [0, 0.05) is 12.6 Å². The number of alkyl carbamates (subject to hydrolysis) is 1. The van der Waals surface area contributed by atoms with E-state index in [1.807, 2.05) is 0 Å². The first kappa shape index (κ1) is 18.0. The number of ether oxygens (including phenoxy) is 1. The Hall–Kier alpha value is -0.980. The minimum absolute atomic E-state index is 0.414. The molecule has 0 rings (SSSR count). The second kappa shape index (κ2) is 6.45. The summed E-state index contributed by atoms with van der Waals surface area (Å²) in [5, 5.41) is 2.27. The molecule has 0 heterocycles. The molecule has 4 nitrogen and oxygen atoms in total. The molecule has 0 aliphatic rings. The molecule has 2 unspecified atom stereocenters.